The Bertz CT molecular complexity index is 438. The van der Waals surface area contributed by atoms with Crippen LogP contribution >= 0.6 is 0 Å². The second-order valence-corrected chi connectivity index (χ2v) is 9.37. The molecule has 0 aliphatic heterocycles. The lowest BCUT2D eigenvalue weighted by molar-refractivity contribution is -0.151. The Morgan fingerprint density at radius 3 is 1.09 bits per heavy atom. The van der Waals surface area contributed by atoms with Gasteiger partial charge in [-0.2, -0.15) is 0 Å². The van der Waals surface area contributed by atoms with E-state index in [1.165, 1.54) is 51.4 Å². The van der Waals surface area contributed by atoms with Crippen molar-refractivity contribution >= 4 is 11.9 Å². The molecule has 8 heteroatoms. The summed E-state index contributed by atoms with van der Waals surface area (Å²) in [6, 6.07) is 0. The lowest BCUT2D eigenvalue weighted by Gasteiger charge is -2.14. The zero-order valence-corrected chi connectivity index (χ0v) is 21.7. The van der Waals surface area contributed by atoms with Gasteiger partial charge in [-0.15, -0.1) is 0 Å². The highest BCUT2D eigenvalue weighted by Crippen LogP contribution is 2.12. The van der Waals surface area contributed by atoms with Crippen LogP contribution < -0.4 is 22.9 Å². The van der Waals surface area contributed by atoms with E-state index >= 15 is 0 Å². The van der Waals surface area contributed by atoms with Gasteiger partial charge in [0.25, 0.3) is 0 Å². The average molecular weight is 487 g/mol. The molecule has 0 aromatic heterocycles. The third-order valence-corrected chi connectivity index (χ3v) is 5.96. The molecule has 34 heavy (non-hydrogen) atoms. The molecule has 0 bridgehead atoms. The van der Waals surface area contributed by atoms with Gasteiger partial charge in [0.1, 0.15) is 0 Å². The second-order valence-electron chi connectivity index (χ2n) is 9.37. The molecule has 0 heterocycles. The van der Waals surface area contributed by atoms with Crippen LogP contribution in [0.4, 0.5) is 0 Å². The topological polar surface area (TPSA) is 157 Å². The van der Waals surface area contributed by atoms with Crippen LogP contribution in [0.2, 0.25) is 0 Å². The van der Waals surface area contributed by atoms with Crippen molar-refractivity contribution in [3.8, 4) is 0 Å². The molecule has 202 valence electrons. The van der Waals surface area contributed by atoms with E-state index in [0.717, 1.165) is 51.6 Å². The molecule has 0 fully saturated rings. The highest BCUT2D eigenvalue weighted by atomic mass is 16.6. The number of rotatable bonds is 25. The van der Waals surface area contributed by atoms with Crippen LogP contribution in [0, 0.1) is 0 Å². The summed E-state index contributed by atoms with van der Waals surface area (Å²) < 4.78 is 10.5. The molecule has 0 aromatic carbocycles. The summed E-state index contributed by atoms with van der Waals surface area (Å²) in [5.74, 6) is -0.607. The largest absolute Gasteiger partial charge is 0.447 e. The minimum Gasteiger partial charge on any atom is -0.447 e. The summed E-state index contributed by atoms with van der Waals surface area (Å²) in [7, 11) is 0. The molecule has 0 spiro atoms. The van der Waals surface area contributed by atoms with Gasteiger partial charge in [-0.05, 0) is 64.5 Å². The maximum Gasteiger partial charge on any atom is 0.307 e. The first kappa shape index (κ1) is 32.8. The second kappa shape index (κ2) is 24.9. The Hall–Kier alpha value is -1.22. The minimum absolute atomic E-state index is 0.263. The molecule has 0 rings (SSSR count). The Labute approximate surface area is 208 Å². The van der Waals surface area contributed by atoms with E-state index in [2.05, 4.69) is 0 Å². The number of esters is 2. The Kier molecular flexibility index (Phi) is 24.0. The van der Waals surface area contributed by atoms with E-state index < -0.39 is 12.5 Å². The fraction of sp³-hybridized carbons (Fsp3) is 0.923. The maximum atomic E-state index is 11.9. The molecule has 0 aliphatic rings. The van der Waals surface area contributed by atoms with Crippen molar-refractivity contribution in [3.63, 3.8) is 0 Å². The van der Waals surface area contributed by atoms with E-state index in [-0.39, 0.29) is 24.8 Å². The van der Waals surface area contributed by atoms with Crippen molar-refractivity contribution in [2.75, 3.05) is 13.1 Å². The highest BCUT2D eigenvalue weighted by molar-refractivity contribution is 5.70. The molecule has 0 aromatic rings. The van der Waals surface area contributed by atoms with Gasteiger partial charge in [-0.25, -0.2) is 0 Å². The summed E-state index contributed by atoms with van der Waals surface area (Å²) in [5.41, 5.74) is 22.8. The normalized spacial score (nSPS) is 12.9. The summed E-state index contributed by atoms with van der Waals surface area (Å²) >= 11 is 0. The Morgan fingerprint density at radius 2 is 0.765 bits per heavy atom. The van der Waals surface area contributed by atoms with Crippen molar-refractivity contribution in [1.82, 2.24) is 0 Å². The number of carbonyl (C=O) groups is 2. The molecule has 0 radical (unpaired) electrons. The van der Waals surface area contributed by atoms with Crippen LogP contribution in [-0.4, -0.2) is 37.5 Å². The van der Waals surface area contributed by atoms with Gasteiger partial charge in [-0.3, -0.25) is 21.1 Å². The van der Waals surface area contributed by atoms with Crippen LogP contribution in [-0.2, 0) is 19.1 Å². The number of hydrogen-bond donors (Lipinski definition) is 4. The fourth-order valence-electron chi connectivity index (χ4n) is 3.86. The first-order valence-electron chi connectivity index (χ1n) is 13.8. The first-order chi connectivity index (χ1) is 16.5. The van der Waals surface area contributed by atoms with Crippen molar-refractivity contribution in [2.24, 2.45) is 22.9 Å². The predicted molar refractivity (Wildman–Crippen MR) is 139 cm³/mol. The minimum atomic E-state index is -0.543. The summed E-state index contributed by atoms with van der Waals surface area (Å²) in [6.45, 7) is 1.55. The Morgan fingerprint density at radius 1 is 0.471 bits per heavy atom. The van der Waals surface area contributed by atoms with Gasteiger partial charge in [0.2, 0.25) is 0 Å². The SMILES string of the molecule is NCCCCCCCCCC(N)OC(=O)CCCCC(=O)OC(N)CCCCCCCCCN. The third kappa shape index (κ3) is 23.9. The maximum absolute atomic E-state index is 11.9. The fourth-order valence-corrected chi connectivity index (χ4v) is 3.86. The number of hydrogen-bond acceptors (Lipinski definition) is 8. The summed E-state index contributed by atoms with van der Waals surface area (Å²) in [5, 5.41) is 0. The quantitative estimate of drug-likeness (QED) is 0.0842. The van der Waals surface area contributed by atoms with Crippen LogP contribution in [0.3, 0.4) is 0 Å². The van der Waals surface area contributed by atoms with Gasteiger partial charge in [0.05, 0.1) is 0 Å². The van der Waals surface area contributed by atoms with Gasteiger partial charge in [0.15, 0.2) is 12.5 Å². The lowest BCUT2D eigenvalue weighted by Crippen LogP contribution is -2.27. The van der Waals surface area contributed by atoms with Gasteiger partial charge in [0, 0.05) is 12.8 Å². The van der Waals surface area contributed by atoms with E-state index in [0.29, 0.717) is 25.7 Å². The number of ether oxygens (including phenoxy) is 2. The highest BCUT2D eigenvalue weighted by Gasteiger charge is 2.12. The van der Waals surface area contributed by atoms with Gasteiger partial charge < -0.3 is 20.9 Å². The standard InChI is InChI=1S/C26H54N4O4/c27-21-15-9-5-1-3-7-11-17-23(29)33-25(31)19-13-14-20-26(32)34-24(30)18-12-8-4-2-6-10-16-22-28/h23-24H,1-22,27-30H2. The third-order valence-electron chi connectivity index (χ3n) is 5.96. The molecule has 0 aliphatic carbocycles. The van der Waals surface area contributed by atoms with Gasteiger partial charge >= 0.3 is 11.9 Å². The lowest BCUT2D eigenvalue weighted by atomic mass is 10.1. The van der Waals surface area contributed by atoms with E-state index in [1.54, 1.807) is 0 Å². The molecule has 8 nitrogen and oxygen atoms in total. The zero-order valence-electron chi connectivity index (χ0n) is 21.7. The zero-order chi connectivity index (χ0) is 25.3. The van der Waals surface area contributed by atoms with Crippen LogP contribution in [0.25, 0.3) is 0 Å². The number of carbonyl (C=O) groups excluding carboxylic acids is 2. The van der Waals surface area contributed by atoms with Crippen LogP contribution in [0.15, 0.2) is 0 Å². The summed E-state index contributed by atoms with van der Waals surface area (Å²) in [6.07, 6.45) is 18.0. The van der Waals surface area contributed by atoms with Crippen LogP contribution in [0.5, 0.6) is 0 Å². The monoisotopic (exact) mass is 486 g/mol. The van der Waals surface area contributed by atoms with E-state index in [4.69, 9.17) is 32.4 Å². The van der Waals surface area contributed by atoms with E-state index in [1.807, 2.05) is 0 Å². The first-order valence-corrected chi connectivity index (χ1v) is 13.8. The van der Waals surface area contributed by atoms with E-state index in [9.17, 15) is 9.59 Å². The van der Waals surface area contributed by atoms with Crippen molar-refractivity contribution in [3.05, 3.63) is 0 Å². The summed E-state index contributed by atoms with van der Waals surface area (Å²) in [4.78, 5) is 23.8. The van der Waals surface area contributed by atoms with Crippen molar-refractivity contribution in [2.45, 2.75) is 141 Å². The van der Waals surface area contributed by atoms with Crippen LogP contribution in [0.1, 0.15) is 128 Å². The smallest absolute Gasteiger partial charge is 0.307 e. The molecular formula is C26H54N4O4. The predicted octanol–water partition coefficient (Wildman–Crippen LogP) is 4.36. The molecule has 0 amide bonds. The van der Waals surface area contributed by atoms with Crippen molar-refractivity contribution < 1.29 is 19.1 Å². The molecule has 0 saturated carbocycles. The Balaban J connectivity index is 3.56. The van der Waals surface area contributed by atoms with Gasteiger partial charge in [-0.1, -0.05) is 64.2 Å². The number of nitrogens with two attached hydrogens (primary N) is 4. The average Bonchev–Trinajstić information content (AvgIpc) is 2.80. The number of unbranched alkanes of at least 4 members (excludes halogenated alkanes) is 13. The molecule has 8 N–H and O–H groups in total. The van der Waals surface area contributed by atoms with Crippen molar-refractivity contribution in [1.29, 1.82) is 0 Å². The molecule has 0 saturated heterocycles. The molecular weight excluding hydrogens is 432 g/mol. The molecule has 2 unspecified atom stereocenters. The molecule has 2 atom stereocenters.